The third kappa shape index (κ3) is 1.33. The first-order valence-electron chi connectivity index (χ1n) is 6.43. The number of aryl methyl sites for hydroxylation is 1. The number of fused-ring (bicyclic) bond motifs is 5. The van der Waals surface area contributed by atoms with Gasteiger partial charge >= 0.3 is 0 Å². The largest absolute Gasteiger partial charge is 0.289 e. The molecule has 0 radical (unpaired) electrons. The number of hydrogen-bond acceptors (Lipinski definition) is 3. The molecule has 4 nitrogen and oxygen atoms in total. The number of hydrogen-bond donors (Lipinski definition) is 0. The van der Waals surface area contributed by atoms with Crippen LogP contribution in [0.2, 0.25) is 0 Å². The fourth-order valence-corrected chi connectivity index (χ4v) is 2.71. The topological polar surface area (TPSA) is 47.3 Å². The molecule has 0 saturated carbocycles. The van der Waals surface area contributed by atoms with Gasteiger partial charge in [-0.15, -0.1) is 10.2 Å². The van der Waals surface area contributed by atoms with Crippen LogP contribution in [0.25, 0.3) is 27.3 Å². The lowest BCUT2D eigenvalue weighted by Gasteiger charge is -1.96. The summed E-state index contributed by atoms with van der Waals surface area (Å²) in [5, 5.41) is 10.6. The summed E-state index contributed by atoms with van der Waals surface area (Å²) in [6, 6.07) is 15.1. The third-order valence-electron chi connectivity index (χ3n) is 3.63. The van der Waals surface area contributed by atoms with E-state index in [-0.39, 0.29) is 5.43 Å². The van der Waals surface area contributed by atoms with Crippen LogP contribution in [0.4, 0.5) is 0 Å². The first kappa shape index (κ1) is 11.1. The van der Waals surface area contributed by atoms with E-state index in [1.807, 2.05) is 59.9 Å². The number of aromatic nitrogens is 3. The molecule has 4 heteroatoms. The van der Waals surface area contributed by atoms with E-state index in [1.54, 1.807) is 0 Å². The lowest BCUT2D eigenvalue weighted by Crippen LogP contribution is -1.98. The zero-order valence-corrected chi connectivity index (χ0v) is 10.9. The van der Waals surface area contributed by atoms with Crippen LogP contribution in [0.15, 0.2) is 53.3 Å². The number of benzene rings is 2. The molecule has 20 heavy (non-hydrogen) atoms. The predicted molar refractivity (Wildman–Crippen MR) is 79.0 cm³/mol. The van der Waals surface area contributed by atoms with Gasteiger partial charge in [0.25, 0.3) is 0 Å². The van der Waals surface area contributed by atoms with Gasteiger partial charge in [0.15, 0.2) is 11.1 Å². The average molecular weight is 261 g/mol. The standard InChI is InChI=1S/C16H11N3O/c1-10-17-18-16-12-7-3-2-6-11(12)15(20)13-8-4-5-9-14(13)19(10)16/h2-9H,1H3. The molecule has 0 bridgehead atoms. The Morgan fingerprint density at radius 3 is 2.30 bits per heavy atom. The average Bonchev–Trinajstić information content (AvgIpc) is 2.83. The molecule has 0 amide bonds. The van der Waals surface area contributed by atoms with Gasteiger partial charge in [0.1, 0.15) is 5.82 Å². The molecule has 0 spiro atoms. The maximum absolute atomic E-state index is 12.7. The highest BCUT2D eigenvalue weighted by molar-refractivity contribution is 5.99. The van der Waals surface area contributed by atoms with E-state index >= 15 is 0 Å². The Labute approximate surface area is 114 Å². The van der Waals surface area contributed by atoms with Crippen molar-refractivity contribution >= 4 is 27.3 Å². The third-order valence-corrected chi connectivity index (χ3v) is 3.63. The first-order chi connectivity index (χ1) is 9.77. The lowest BCUT2D eigenvalue weighted by atomic mass is 10.1. The van der Waals surface area contributed by atoms with Gasteiger partial charge in [-0.1, -0.05) is 36.4 Å². The van der Waals surface area contributed by atoms with Crippen molar-refractivity contribution < 1.29 is 0 Å². The number of para-hydroxylation sites is 1. The molecule has 0 fully saturated rings. The number of rotatable bonds is 0. The highest BCUT2D eigenvalue weighted by Crippen LogP contribution is 2.20. The van der Waals surface area contributed by atoms with Crippen LogP contribution in [0.5, 0.6) is 0 Å². The highest BCUT2D eigenvalue weighted by atomic mass is 16.1. The predicted octanol–water partition coefficient (Wildman–Crippen LogP) is 2.70. The molecule has 0 unspecified atom stereocenters. The van der Waals surface area contributed by atoms with E-state index in [4.69, 9.17) is 0 Å². The van der Waals surface area contributed by atoms with E-state index < -0.39 is 0 Å². The van der Waals surface area contributed by atoms with Crippen LogP contribution in [0, 0.1) is 6.92 Å². The molecule has 4 aromatic rings. The second-order valence-corrected chi connectivity index (χ2v) is 4.80. The van der Waals surface area contributed by atoms with Crippen LogP contribution < -0.4 is 5.43 Å². The zero-order chi connectivity index (χ0) is 13.7. The maximum atomic E-state index is 12.7. The van der Waals surface area contributed by atoms with Crippen molar-refractivity contribution in [2.75, 3.05) is 0 Å². The minimum absolute atomic E-state index is 0.0288. The summed E-state index contributed by atoms with van der Waals surface area (Å²) < 4.78 is 1.94. The summed E-state index contributed by atoms with van der Waals surface area (Å²) in [5.74, 6) is 0.775. The van der Waals surface area contributed by atoms with Crippen molar-refractivity contribution in [3.63, 3.8) is 0 Å². The highest BCUT2D eigenvalue weighted by Gasteiger charge is 2.11. The Bertz CT molecular complexity index is 1030. The molecule has 0 aliphatic carbocycles. The molecule has 0 aliphatic rings. The molecule has 0 atom stereocenters. The Hall–Kier alpha value is -2.75. The van der Waals surface area contributed by atoms with E-state index in [0.717, 1.165) is 22.4 Å². The van der Waals surface area contributed by atoms with Gasteiger partial charge in [-0.3, -0.25) is 9.20 Å². The molecular weight excluding hydrogens is 250 g/mol. The van der Waals surface area contributed by atoms with Gasteiger partial charge in [-0.25, -0.2) is 0 Å². The van der Waals surface area contributed by atoms with E-state index in [0.29, 0.717) is 10.8 Å². The second-order valence-electron chi connectivity index (χ2n) is 4.80. The van der Waals surface area contributed by atoms with Crippen molar-refractivity contribution in [2.45, 2.75) is 6.92 Å². The van der Waals surface area contributed by atoms with Gasteiger partial charge < -0.3 is 0 Å². The quantitative estimate of drug-likeness (QED) is 0.489. The van der Waals surface area contributed by atoms with Crippen LogP contribution >= 0.6 is 0 Å². The van der Waals surface area contributed by atoms with Crippen molar-refractivity contribution in [3.8, 4) is 0 Å². The van der Waals surface area contributed by atoms with E-state index in [1.165, 1.54) is 0 Å². The summed E-state index contributed by atoms with van der Waals surface area (Å²) in [5.41, 5.74) is 1.59. The van der Waals surface area contributed by atoms with E-state index in [9.17, 15) is 4.79 Å². The Kier molecular flexibility index (Phi) is 2.15. The summed E-state index contributed by atoms with van der Waals surface area (Å²) in [7, 11) is 0. The normalized spacial score (nSPS) is 11.4. The SMILES string of the molecule is Cc1nnc2c3ccccc3c(=O)c3ccccc3n12. The van der Waals surface area contributed by atoms with Gasteiger partial charge in [-0.05, 0) is 19.1 Å². The van der Waals surface area contributed by atoms with E-state index in [2.05, 4.69) is 10.2 Å². The maximum Gasteiger partial charge on any atom is 0.195 e. The van der Waals surface area contributed by atoms with Gasteiger partial charge in [-0.2, -0.15) is 0 Å². The summed E-state index contributed by atoms with van der Waals surface area (Å²) in [4.78, 5) is 12.7. The Morgan fingerprint density at radius 1 is 0.850 bits per heavy atom. The molecule has 0 saturated heterocycles. The monoisotopic (exact) mass is 261 g/mol. The molecule has 0 aliphatic heterocycles. The number of nitrogens with zero attached hydrogens (tertiary/aromatic N) is 3. The smallest absolute Gasteiger partial charge is 0.195 e. The Morgan fingerprint density at radius 2 is 1.50 bits per heavy atom. The van der Waals surface area contributed by atoms with Gasteiger partial charge in [0.05, 0.1) is 5.52 Å². The van der Waals surface area contributed by atoms with Crippen molar-refractivity contribution in [1.29, 1.82) is 0 Å². The lowest BCUT2D eigenvalue weighted by molar-refractivity contribution is 1.02. The van der Waals surface area contributed by atoms with Crippen LogP contribution in [0.3, 0.4) is 0 Å². The van der Waals surface area contributed by atoms with Crippen molar-refractivity contribution in [2.24, 2.45) is 0 Å². The minimum atomic E-state index is 0.0288. The van der Waals surface area contributed by atoms with Gasteiger partial charge in [0, 0.05) is 16.2 Å². The van der Waals surface area contributed by atoms with Crippen LogP contribution in [-0.2, 0) is 0 Å². The molecule has 0 N–H and O–H groups in total. The fraction of sp³-hybridized carbons (Fsp3) is 0.0625. The van der Waals surface area contributed by atoms with Crippen LogP contribution in [-0.4, -0.2) is 14.6 Å². The minimum Gasteiger partial charge on any atom is -0.289 e. The Balaban J connectivity index is 2.55. The fourth-order valence-electron chi connectivity index (χ4n) is 2.71. The summed E-state index contributed by atoms with van der Waals surface area (Å²) in [6.07, 6.45) is 0. The summed E-state index contributed by atoms with van der Waals surface area (Å²) >= 11 is 0. The first-order valence-corrected chi connectivity index (χ1v) is 6.43. The molecule has 4 rings (SSSR count). The van der Waals surface area contributed by atoms with Gasteiger partial charge in [0.2, 0.25) is 0 Å². The van der Waals surface area contributed by atoms with Crippen molar-refractivity contribution in [1.82, 2.24) is 14.6 Å². The summed E-state index contributed by atoms with van der Waals surface area (Å²) in [6.45, 7) is 1.89. The molecular formula is C16H11N3O. The molecule has 2 heterocycles. The zero-order valence-electron chi connectivity index (χ0n) is 10.9. The van der Waals surface area contributed by atoms with Crippen molar-refractivity contribution in [3.05, 3.63) is 64.6 Å². The molecule has 2 aromatic carbocycles. The second kappa shape index (κ2) is 3.87. The molecule has 96 valence electrons. The molecule has 2 aromatic heterocycles. The van der Waals surface area contributed by atoms with Crippen LogP contribution in [0.1, 0.15) is 5.82 Å².